The number of rotatable bonds is 9. The lowest BCUT2D eigenvalue weighted by Gasteiger charge is -2.33. The minimum absolute atomic E-state index is 0.0604. The molecule has 16 heteroatoms. The Morgan fingerprint density at radius 3 is 2.42 bits per heavy atom. The smallest absolute Gasteiger partial charge is 0.349 e. The second kappa shape index (κ2) is 10.9. The van der Waals surface area contributed by atoms with E-state index in [0.717, 1.165) is 12.8 Å². The van der Waals surface area contributed by atoms with Crippen molar-refractivity contribution in [2.45, 2.75) is 75.5 Å². The third kappa shape index (κ3) is 6.67. The van der Waals surface area contributed by atoms with Crippen molar-refractivity contribution in [1.29, 1.82) is 0 Å². The summed E-state index contributed by atoms with van der Waals surface area (Å²) in [6, 6.07) is 0.342. The molecule has 3 aromatic rings. The van der Waals surface area contributed by atoms with Gasteiger partial charge in [0, 0.05) is 19.3 Å². The Morgan fingerprint density at radius 1 is 1.10 bits per heavy atom. The highest BCUT2D eigenvalue weighted by Gasteiger charge is 2.40. The van der Waals surface area contributed by atoms with Crippen molar-refractivity contribution in [3.63, 3.8) is 0 Å². The summed E-state index contributed by atoms with van der Waals surface area (Å²) in [5.41, 5.74) is 1.03. The van der Waals surface area contributed by atoms with E-state index in [0.29, 0.717) is 16.9 Å². The van der Waals surface area contributed by atoms with Crippen LogP contribution in [0.1, 0.15) is 85.2 Å². The van der Waals surface area contributed by atoms with Gasteiger partial charge in [0.1, 0.15) is 0 Å². The molecule has 0 spiro atoms. The van der Waals surface area contributed by atoms with Crippen molar-refractivity contribution >= 4 is 29.1 Å². The molecule has 0 bridgehead atoms. The number of alkyl halides is 5. The highest BCUT2D eigenvalue weighted by atomic mass is 35.5. The molecule has 3 heterocycles. The van der Waals surface area contributed by atoms with E-state index in [2.05, 4.69) is 35.7 Å². The maximum atomic E-state index is 13.9. The molecule has 3 aromatic heterocycles. The summed E-state index contributed by atoms with van der Waals surface area (Å²) >= 11 is 5.86. The number of nitrogens with one attached hydrogen (secondary N) is 2. The molecule has 0 aromatic carbocycles. The van der Waals surface area contributed by atoms with Crippen LogP contribution in [0.4, 0.5) is 22.0 Å². The summed E-state index contributed by atoms with van der Waals surface area (Å²) in [7, 11) is 0. The molecule has 0 saturated heterocycles. The Labute approximate surface area is 229 Å². The molecule has 2 aliphatic carbocycles. The first-order valence-corrected chi connectivity index (χ1v) is 13.1. The van der Waals surface area contributed by atoms with Crippen LogP contribution >= 0.6 is 11.6 Å². The van der Waals surface area contributed by atoms with Crippen LogP contribution in [0.5, 0.6) is 0 Å². The van der Waals surface area contributed by atoms with Gasteiger partial charge in [0.2, 0.25) is 22.7 Å². The molecule has 2 atom stereocenters. The first-order chi connectivity index (χ1) is 18.9. The number of aromatic nitrogens is 5. The Bertz CT molecular complexity index is 1380. The van der Waals surface area contributed by atoms with E-state index in [9.17, 15) is 31.5 Å². The lowest BCUT2D eigenvalue weighted by atomic mass is 9.81. The van der Waals surface area contributed by atoms with Crippen molar-refractivity contribution in [3.8, 4) is 0 Å². The topological polar surface area (TPSA) is 127 Å². The van der Waals surface area contributed by atoms with Crippen LogP contribution in [0, 0.1) is 11.8 Å². The van der Waals surface area contributed by atoms with E-state index >= 15 is 0 Å². The van der Waals surface area contributed by atoms with Crippen LogP contribution in [0.15, 0.2) is 23.1 Å². The lowest BCUT2D eigenvalue weighted by molar-refractivity contribution is -0.144. The van der Waals surface area contributed by atoms with E-state index in [1.807, 2.05) is 0 Å². The molecule has 40 heavy (non-hydrogen) atoms. The number of hydrogen-bond acceptors (Lipinski definition) is 7. The molecule has 2 aliphatic rings. The number of halogens is 6. The fraction of sp³-hybridized carbons (Fsp3) is 0.583. The Morgan fingerprint density at radius 2 is 1.80 bits per heavy atom. The Kier molecular flexibility index (Phi) is 7.68. The summed E-state index contributed by atoms with van der Waals surface area (Å²) in [4.78, 5) is 29.7. The predicted molar refractivity (Wildman–Crippen MR) is 128 cm³/mol. The molecule has 0 unspecified atom stereocenters. The summed E-state index contributed by atoms with van der Waals surface area (Å²) in [5.74, 6) is -4.53. The zero-order chi connectivity index (χ0) is 28.7. The number of carbonyl (C=O) groups excluding carboxylic acids is 2. The van der Waals surface area contributed by atoms with Crippen molar-refractivity contribution < 1.29 is 36.2 Å². The summed E-state index contributed by atoms with van der Waals surface area (Å²) < 4.78 is 71.4. The molecule has 10 nitrogen and oxygen atoms in total. The van der Waals surface area contributed by atoms with E-state index in [-0.39, 0.29) is 48.4 Å². The first-order valence-electron chi connectivity index (χ1n) is 12.8. The van der Waals surface area contributed by atoms with E-state index in [1.165, 1.54) is 10.7 Å². The minimum atomic E-state index is -4.44. The monoisotopic (exact) mass is 589 g/mol. The lowest BCUT2D eigenvalue weighted by Crippen LogP contribution is -2.37. The zero-order valence-corrected chi connectivity index (χ0v) is 21.7. The number of fused-ring (bicyclic) bond motifs is 1. The maximum absolute atomic E-state index is 13.9. The van der Waals surface area contributed by atoms with Gasteiger partial charge in [-0.25, -0.2) is 22.9 Å². The second-order valence-corrected chi connectivity index (χ2v) is 10.7. The molecular weight excluding hydrogens is 565 g/mol. The molecule has 2 fully saturated rings. The van der Waals surface area contributed by atoms with Gasteiger partial charge in [-0.05, 0) is 59.5 Å². The van der Waals surface area contributed by atoms with Gasteiger partial charge < -0.3 is 10.6 Å². The van der Waals surface area contributed by atoms with Gasteiger partial charge in [-0.1, -0.05) is 11.6 Å². The molecule has 5 rings (SSSR count). The first kappa shape index (κ1) is 28.2. The quantitative estimate of drug-likeness (QED) is 0.337. The zero-order valence-electron chi connectivity index (χ0n) is 20.9. The van der Waals surface area contributed by atoms with Gasteiger partial charge in [0.15, 0.2) is 5.65 Å². The summed E-state index contributed by atoms with van der Waals surface area (Å²) in [6.07, 6.45) is -2.10. The van der Waals surface area contributed by atoms with Gasteiger partial charge in [-0.2, -0.15) is 18.3 Å². The van der Waals surface area contributed by atoms with Gasteiger partial charge in [-0.15, -0.1) is 0 Å². The highest BCUT2D eigenvalue weighted by molar-refractivity contribution is 6.32. The summed E-state index contributed by atoms with van der Waals surface area (Å²) in [6.45, 7) is 0. The Balaban J connectivity index is 1.39. The van der Waals surface area contributed by atoms with Gasteiger partial charge in [0.05, 0.1) is 36.6 Å². The maximum Gasteiger partial charge on any atom is 0.389 e. The van der Waals surface area contributed by atoms with Crippen LogP contribution in [0.25, 0.3) is 5.65 Å². The molecule has 0 aliphatic heterocycles. The van der Waals surface area contributed by atoms with E-state index < -0.39 is 48.8 Å². The number of carbonyl (C=O) groups is 2. The number of hydrogen-bond donors (Lipinski definition) is 2. The summed E-state index contributed by atoms with van der Waals surface area (Å²) in [5, 5.41) is 16.4. The highest BCUT2D eigenvalue weighted by Crippen LogP contribution is 2.43. The molecule has 2 N–H and O–H groups in total. The normalized spacial score (nSPS) is 19.4. The molecule has 2 amide bonds. The minimum Gasteiger partial charge on any atom is -0.349 e. The van der Waals surface area contributed by atoms with E-state index in [4.69, 9.17) is 11.6 Å². The van der Waals surface area contributed by atoms with Crippen LogP contribution < -0.4 is 10.6 Å². The van der Waals surface area contributed by atoms with Crippen LogP contribution in [-0.4, -0.2) is 48.8 Å². The molecule has 0 radical (unpaired) electrons. The van der Waals surface area contributed by atoms with Gasteiger partial charge >= 0.3 is 6.18 Å². The number of imidazole rings is 1. The largest absolute Gasteiger partial charge is 0.389 e. The SMILES string of the molecule is O=C(CCC(F)(F)F)N[C@@H](c1cnn2cc([C@@H](NC(=O)c3nonc3Cl)C3CCC(F)(F)CC3)nc2c1)C1CC1. The number of nitrogens with zero attached hydrogens (tertiary/aromatic N) is 5. The van der Waals surface area contributed by atoms with Crippen LogP contribution in [0.3, 0.4) is 0 Å². The van der Waals surface area contributed by atoms with Crippen molar-refractivity contribution in [2.24, 2.45) is 11.8 Å². The molecular formula is C24H25ClF5N7O3. The third-order valence-electron chi connectivity index (χ3n) is 7.27. The molecule has 2 saturated carbocycles. The average Bonchev–Trinajstić information content (AvgIpc) is 3.49. The van der Waals surface area contributed by atoms with Gasteiger partial charge in [0.25, 0.3) is 5.91 Å². The van der Waals surface area contributed by atoms with Crippen LogP contribution in [0.2, 0.25) is 5.15 Å². The van der Waals surface area contributed by atoms with Crippen molar-refractivity contribution in [1.82, 2.24) is 35.5 Å². The van der Waals surface area contributed by atoms with E-state index in [1.54, 1.807) is 12.3 Å². The fourth-order valence-corrected chi connectivity index (χ4v) is 5.14. The van der Waals surface area contributed by atoms with Crippen molar-refractivity contribution in [2.75, 3.05) is 0 Å². The average molecular weight is 590 g/mol. The Hall–Kier alpha value is -3.36. The second-order valence-electron chi connectivity index (χ2n) is 10.3. The van der Waals surface area contributed by atoms with Gasteiger partial charge in [-0.3, -0.25) is 9.59 Å². The fourth-order valence-electron chi connectivity index (χ4n) is 4.99. The standard InChI is InChI=1S/C24H25ClF5N7O3/c25-21-20(35-40-36-21)22(39)34-19(13-3-6-23(26,27)7-4-13)15-11-37-16(32-15)9-14(10-31-37)18(12-1-2-12)33-17(38)5-8-24(28,29)30/h9-13,18-19H,1-8H2,(H,33,38)(H,34,39)/t18-,19+/m1/s1. The molecule has 216 valence electrons. The predicted octanol–water partition coefficient (Wildman–Crippen LogP) is 4.97. The third-order valence-corrected chi connectivity index (χ3v) is 7.51. The number of amides is 2. The van der Waals surface area contributed by atoms with Crippen molar-refractivity contribution in [3.05, 3.63) is 40.6 Å². The van der Waals surface area contributed by atoms with Crippen LogP contribution in [-0.2, 0) is 4.79 Å².